The van der Waals surface area contributed by atoms with Crippen molar-refractivity contribution in [3.05, 3.63) is 56.6 Å². The van der Waals surface area contributed by atoms with Crippen molar-refractivity contribution in [2.24, 2.45) is 0 Å². The molecule has 2 nitrogen and oxygen atoms in total. The average Bonchev–Trinajstić information content (AvgIpc) is 2.41. The van der Waals surface area contributed by atoms with Gasteiger partial charge in [0.25, 0.3) is 0 Å². The van der Waals surface area contributed by atoms with Crippen LogP contribution in [0, 0.1) is 3.57 Å². The number of hydrogen-bond donors (Lipinski definition) is 1. The summed E-state index contributed by atoms with van der Waals surface area (Å²) in [5.41, 5.74) is 1.06. The number of nitrogens with one attached hydrogen (secondary N) is 1. The molecule has 0 aromatic heterocycles. The topological polar surface area (TPSA) is 21.3 Å². The molecule has 4 heteroatoms. The Balaban J connectivity index is 2.26. The number of halogens is 2. The highest BCUT2D eigenvalue weighted by Crippen LogP contribution is 2.30. The number of hydrogen-bond acceptors (Lipinski definition) is 2. The highest BCUT2D eigenvalue weighted by molar-refractivity contribution is 14.1. The molecular weight excluding hydrogens is 373 g/mol. The van der Waals surface area contributed by atoms with E-state index >= 15 is 0 Å². The summed E-state index contributed by atoms with van der Waals surface area (Å²) in [4.78, 5) is 0. The first-order chi connectivity index (χ1) is 9.20. The zero-order chi connectivity index (χ0) is 13.7. The van der Waals surface area contributed by atoms with Crippen LogP contribution in [0.5, 0.6) is 11.5 Å². The van der Waals surface area contributed by atoms with E-state index in [4.69, 9.17) is 16.3 Å². The summed E-state index contributed by atoms with van der Waals surface area (Å²) in [6.45, 7) is 3.73. The molecule has 2 rings (SSSR count). The van der Waals surface area contributed by atoms with E-state index in [1.807, 2.05) is 42.5 Å². The molecule has 0 atom stereocenters. The van der Waals surface area contributed by atoms with Gasteiger partial charge in [0, 0.05) is 17.1 Å². The lowest BCUT2D eigenvalue weighted by molar-refractivity contribution is 0.470. The Hall–Kier alpha value is -0.780. The number of benzene rings is 2. The first-order valence-electron chi connectivity index (χ1n) is 6.12. The van der Waals surface area contributed by atoms with Gasteiger partial charge in [0.2, 0.25) is 0 Å². The highest BCUT2D eigenvalue weighted by Gasteiger charge is 2.07. The van der Waals surface area contributed by atoms with E-state index in [-0.39, 0.29) is 0 Å². The van der Waals surface area contributed by atoms with Gasteiger partial charge in [-0.05, 0) is 59.5 Å². The molecule has 0 unspecified atom stereocenters. The van der Waals surface area contributed by atoms with Gasteiger partial charge in [-0.2, -0.15) is 0 Å². The summed E-state index contributed by atoms with van der Waals surface area (Å²) in [5, 5.41) is 4.02. The van der Waals surface area contributed by atoms with Gasteiger partial charge in [0.05, 0.1) is 3.57 Å². The first-order valence-corrected chi connectivity index (χ1v) is 7.58. The standard InChI is InChI=1S/C15H15ClINO/c1-2-18-10-11-9-12(16)7-8-14(11)19-15-6-4-3-5-13(15)17/h3-9,18H,2,10H2,1H3. The largest absolute Gasteiger partial charge is 0.456 e. The fourth-order valence-electron chi connectivity index (χ4n) is 1.69. The number of para-hydroxylation sites is 1. The second-order valence-corrected chi connectivity index (χ2v) is 5.66. The van der Waals surface area contributed by atoms with Gasteiger partial charge >= 0.3 is 0 Å². The molecule has 0 radical (unpaired) electrons. The summed E-state index contributed by atoms with van der Waals surface area (Å²) >= 11 is 8.31. The van der Waals surface area contributed by atoms with Gasteiger partial charge in [-0.25, -0.2) is 0 Å². The molecule has 0 saturated heterocycles. The number of rotatable bonds is 5. The smallest absolute Gasteiger partial charge is 0.140 e. The molecular formula is C15H15ClINO. The lowest BCUT2D eigenvalue weighted by atomic mass is 10.2. The van der Waals surface area contributed by atoms with Gasteiger partial charge in [-0.3, -0.25) is 0 Å². The van der Waals surface area contributed by atoms with Crippen LogP contribution in [0.3, 0.4) is 0 Å². The van der Waals surface area contributed by atoms with Crippen molar-refractivity contribution in [3.8, 4) is 11.5 Å². The minimum atomic E-state index is 0.725. The molecule has 0 fully saturated rings. The second-order valence-electron chi connectivity index (χ2n) is 4.06. The summed E-state index contributed by atoms with van der Waals surface area (Å²) in [5.74, 6) is 1.71. The predicted octanol–water partition coefficient (Wildman–Crippen LogP) is 4.85. The summed E-state index contributed by atoms with van der Waals surface area (Å²) in [6.07, 6.45) is 0. The van der Waals surface area contributed by atoms with E-state index in [0.29, 0.717) is 0 Å². The van der Waals surface area contributed by atoms with Crippen molar-refractivity contribution < 1.29 is 4.74 Å². The Bertz CT molecular complexity index is 560. The number of ether oxygens (including phenoxy) is 1. The van der Waals surface area contributed by atoms with E-state index in [1.54, 1.807) is 0 Å². The highest BCUT2D eigenvalue weighted by atomic mass is 127. The van der Waals surface area contributed by atoms with E-state index in [0.717, 1.165) is 38.7 Å². The van der Waals surface area contributed by atoms with Crippen LogP contribution in [-0.4, -0.2) is 6.54 Å². The molecule has 1 N–H and O–H groups in total. The van der Waals surface area contributed by atoms with Crippen molar-refractivity contribution in [3.63, 3.8) is 0 Å². The normalized spacial score (nSPS) is 10.5. The van der Waals surface area contributed by atoms with Crippen LogP contribution < -0.4 is 10.1 Å². The predicted molar refractivity (Wildman–Crippen MR) is 88.1 cm³/mol. The molecule has 100 valence electrons. The maximum atomic E-state index is 6.05. The maximum Gasteiger partial charge on any atom is 0.140 e. The van der Waals surface area contributed by atoms with E-state index in [2.05, 4.69) is 34.8 Å². The van der Waals surface area contributed by atoms with Crippen LogP contribution in [0.25, 0.3) is 0 Å². The molecule has 0 aliphatic heterocycles. The average molecular weight is 388 g/mol. The van der Waals surface area contributed by atoms with Crippen LogP contribution >= 0.6 is 34.2 Å². The van der Waals surface area contributed by atoms with Crippen molar-refractivity contribution >= 4 is 34.2 Å². The Kier molecular flexibility index (Phi) is 5.48. The fraction of sp³-hybridized carbons (Fsp3) is 0.200. The quantitative estimate of drug-likeness (QED) is 0.741. The van der Waals surface area contributed by atoms with E-state index < -0.39 is 0 Å². The molecule has 19 heavy (non-hydrogen) atoms. The molecule has 0 spiro atoms. The van der Waals surface area contributed by atoms with Gasteiger partial charge in [-0.15, -0.1) is 0 Å². The van der Waals surface area contributed by atoms with Gasteiger partial charge in [0.1, 0.15) is 11.5 Å². The second kappa shape index (κ2) is 7.12. The zero-order valence-electron chi connectivity index (χ0n) is 10.6. The lowest BCUT2D eigenvalue weighted by Crippen LogP contribution is -2.12. The van der Waals surface area contributed by atoms with Crippen molar-refractivity contribution in [1.82, 2.24) is 5.32 Å². The van der Waals surface area contributed by atoms with Crippen LogP contribution in [-0.2, 0) is 6.54 Å². The van der Waals surface area contributed by atoms with Crippen LogP contribution in [0.4, 0.5) is 0 Å². The van der Waals surface area contributed by atoms with Crippen LogP contribution in [0.15, 0.2) is 42.5 Å². The Morgan fingerprint density at radius 2 is 1.95 bits per heavy atom. The fourth-order valence-corrected chi connectivity index (χ4v) is 2.38. The third kappa shape index (κ3) is 4.09. The van der Waals surface area contributed by atoms with Crippen molar-refractivity contribution in [2.75, 3.05) is 6.54 Å². The molecule has 0 amide bonds. The lowest BCUT2D eigenvalue weighted by Gasteiger charge is -2.13. The van der Waals surface area contributed by atoms with Gasteiger partial charge in [-0.1, -0.05) is 30.7 Å². The maximum absolute atomic E-state index is 6.05. The van der Waals surface area contributed by atoms with Crippen molar-refractivity contribution in [2.45, 2.75) is 13.5 Å². The monoisotopic (exact) mass is 387 g/mol. The molecule has 2 aromatic carbocycles. The SMILES string of the molecule is CCNCc1cc(Cl)ccc1Oc1ccccc1I. The molecule has 0 saturated carbocycles. The molecule has 0 aliphatic rings. The third-order valence-corrected chi connectivity index (χ3v) is 3.77. The first kappa shape index (κ1) is 14.6. The third-order valence-electron chi connectivity index (χ3n) is 2.64. The van der Waals surface area contributed by atoms with Crippen LogP contribution in [0.1, 0.15) is 12.5 Å². The molecule has 0 heterocycles. The Morgan fingerprint density at radius 1 is 1.16 bits per heavy atom. The van der Waals surface area contributed by atoms with Gasteiger partial charge in [0.15, 0.2) is 0 Å². The zero-order valence-corrected chi connectivity index (χ0v) is 13.5. The Morgan fingerprint density at radius 3 is 2.68 bits per heavy atom. The minimum absolute atomic E-state index is 0.725. The molecule has 0 aliphatic carbocycles. The minimum Gasteiger partial charge on any atom is -0.456 e. The van der Waals surface area contributed by atoms with Crippen LogP contribution in [0.2, 0.25) is 5.02 Å². The van der Waals surface area contributed by atoms with Gasteiger partial charge < -0.3 is 10.1 Å². The van der Waals surface area contributed by atoms with E-state index in [9.17, 15) is 0 Å². The van der Waals surface area contributed by atoms with E-state index in [1.165, 1.54) is 0 Å². The molecule has 2 aromatic rings. The summed E-state index contributed by atoms with van der Waals surface area (Å²) in [7, 11) is 0. The Labute approximate surface area is 132 Å². The molecule has 0 bridgehead atoms. The summed E-state index contributed by atoms with van der Waals surface area (Å²) < 4.78 is 7.07. The van der Waals surface area contributed by atoms with Crippen molar-refractivity contribution in [1.29, 1.82) is 0 Å². The summed E-state index contributed by atoms with van der Waals surface area (Å²) in [6, 6.07) is 13.7.